The maximum absolute atomic E-state index is 13.3. The van der Waals surface area contributed by atoms with Crippen LogP contribution in [0.1, 0.15) is 27.0 Å². The predicted molar refractivity (Wildman–Crippen MR) is 107 cm³/mol. The van der Waals surface area contributed by atoms with Crippen molar-refractivity contribution in [2.75, 3.05) is 16.8 Å². The van der Waals surface area contributed by atoms with Crippen LogP contribution in [0.25, 0.3) is 0 Å². The molecule has 0 fully saturated rings. The highest BCUT2D eigenvalue weighted by atomic mass is 19.4. The summed E-state index contributed by atoms with van der Waals surface area (Å²) in [6, 6.07) is 20.0. The Bertz CT molecular complexity index is 1030. The first-order valence-corrected chi connectivity index (χ1v) is 9.31. The second kappa shape index (κ2) is 7.62. The van der Waals surface area contributed by atoms with Crippen LogP contribution in [0.3, 0.4) is 0 Å². The fourth-order valence-electron chi connectivity index (χ4n) is 3.57. The third kappa shape index (κ3) is 4.11. The summed E-state index contributed by atoms with van der Waals surface area (Å²) in [4.78, 5) is 14.6. The molecule has 0 aromatic heterocycles. The molecule has 6 heteroatoms. The Morgan fingerprint density at radius 1 is 0.897 bits per heavy atom. The van der Waals surface area contributed by atoms with E-state index in [-0.39, 0.29) is 5.69 Å². The minimum Gasteiger partial charge on any atom is -0.365 e. The van der Waals surface area contributed by atoms with Crippen molar-refractivity contribution in [2.45, 2.75) is 19.1 Å². The third-order valence-electron chi connectivity index (χ3n) is 5.08. The standard InChI is InChI=1S/C23H19F3N2O/c24-23(25,26)19-10-11-21(28-13-12-16-6-4-5-9-18(16)15-28)20(14-19)27-22(29)17-7-2-1-3-8-17/h1-11,14H,12-13,15H2,(H,27,29). The summed E-state index contributed by atoms with van der Waals surface area (Å²) >= 11 is 0. The van der Waals surface area contributed by atoms with Crippen LogP contribution in [-0.4, -0.2) is 12.5 Å². The zero-order valence-electron chi connectivity index (χ0n) is 15.5. The summed E-state index contributed by atoms with van der Waals surface area (Å²) in [6.45, 7) is 1.24. The van der Waals surface area contributed by atoms with Crippen LogP contribution in [0.15, 0.2) is 72.8 Å². The Morgan fingerprint density at radius 3 is 2.31 bits per heavy atom. The monoisotopic (exact) mass is 396 g/mol. The number of carbonyl (C=O) groups excluding carboxylic acids is 1. The maximum atomic E-state index is 13.3. The average Bonchev–Trinajstić information content (AvgIpc) is 2.73. The minimum atomic E-state index is -4.49. The molecular formula is C23H19F3N2O. The van der Waals surface area contributed by atoms with Gasteiger partial charge in [0.15, 0.2) is 0 Å². The number of alkyl halides is 3. The van der Waals surface area contributed by atoms with Gasteiger partial charge in [-0.3, -0.25) is 4.79 Å². The van der Waals surface area contributed by atoms with E-state index in [4.69, 9.17) is 0 Å². The molecule has 1 aliphatic rings. The van der Waals surface area contributed by atoms with E-state index < -0.39 is 17.6 Å². The van der Waals surface area contributed by atoms with Crippen LogP contribution in [0.2, 0.25) is 0 Å². The summed E-state index contributed by atoms with van der Waals surface area (Å²) in [5.41, 5.74) is 2.72. The maximum Gasteiger partial charge on any atom is 0.416 e. The van der Waals surface area contributed by atoms with Crippen molar-refractivity contribution in [2.24, 2.45) is 0 Å². The fraction of sp³-hybridized carbons (Fsp3) is 0.174. The van der Waals surface area contributed by atoms with Gasteiger partial charge in [0.05, 0.1) is 16.9 Å². The molecule has 3 nitrogen and oxygen atoms in total. The molecule has 0 saturated carbocycles. The van der Waals surface area contributed by atoms with Gasteiger partial charge in [-0.25, -0.2) is 0 Å². The van der Waals surface area contributed by atoms with E-state index in [2.05, 4.69) is 11.4 Å². The lowest BCUT2D eigenvalue weighted by Gasteiger charge is -2.32. The minimum absolute atomic E-state index is 0.160. The van der Waals surface area contributed by atoms with Crippen molar-refractivity contribution in [1.82, 2.24) is 0 Å². The van der Waals surface area contributed by atoms with Gasteiger partial charge in [0, 0.05) is 18.7 Å². The molecule has 29 heavy (non-hydrogen) atoms. The second-order valence-corrected chi connectivity index (χ2v) is 6.99. The average molecular weight is 396 g/mol. The quantitative estimate of drug-likeness (QED) is 0.632. The van der Waals surface area contributed by atoms with E-state index in [0.717, 1.165) is 24.1 Å². The van der Waals surface area contributed by atoms with E-state index in [0.29, 0.717) is 24.3 Å². The Morgan fingerprint density at radius 2 is 1.59 bits per heavy atom. The molecule has 0 unspecified atom stereocenters. The van der Waals surface area contributed by atoms with Crippen LogP contribution >= 0.6 is 0 Å². The van der Waals surface area contributed by atoms with Gasteiger partial charge in [-0.2, -0.15) is 13.2 Å². The topological polar surface area (TPSA) is 32.3 Å². The van der Waals surface area contributed by atoms with E-state index >= 15 is 0 Å². The van der Waals surface area contributed by atoms with E-state index in [1.54, 1.807) is 30.3 Å². The molecule has 0 radical (unpaired) electrons. The number of nitrogens with zero attached hydrogens (tertiary/aromatic N) is 1. The summed E-state index contributed by atoms with van der Waals surface area (Å²) < 4.78 is 39.8. The molecule has 1 aliphatic heterocycles. The Kier molecular flexibility index (Phi) is 5.01. The summed E-state index contributed by atoms with van der Waals surface area (Å²) in [5.74, 6) is -0.441. The predicted octanol–water partition coefficient (Wildman–Crippen LogP) is 5.52. The fourth-order valence-corrected chi connectivity index (χ4v) is 3.57. The van der Waals surface area contributed by atoms with Crippen molar-refractivity contribution < 1.29 is 18.0 Å². The lowest BCUT2D eigenvalue weighted by molar-refractivity contribution is -0.137. The number of amides is 1. The molecule has 1 amide bonds. The smallest absolute Gasteiger partial charge is 0.365 e. The number of halogens is 3. The molecule has 3 aromatic carbocycles. The number of fused-ring (bicyclic) bond motifs is 1. The number of anilines is 2. The van der Waals surface area contributed by atoms with Crippen LogP contribution in [-0.2, 0) is 19.1 Å². The SMILES string of the molecule is O=C(Nc1cc(C(F)(F)F)ccc1N1CCc2ccccc2C1)c1ccccc1. The number of hydrogen-bond donors (Lipinski definition) is 1. The molecule has 0 spiro atoms. The van der Waals surface area contributed by atoms with Gasteiger partial charge in [-0.15, -0.1) is 0 Å². The Balaban J connectivity index is 1.69. The summed E-state index contributed by atoms with van der Waals surface area (Å²) in [6.07, 6.45) is -3.69. The number of carbonyl (C=O) groups is 1. The number of nitrogens with one attached hydrogen (secondary N) is 1. The Labute approximate surface area is 166 Å². The van der Waals surface area contributed by atoms with Crippen LogP contribution in [0.4, 0.5) is 24.5 Å². The van der Waals surface area contributed by atoms with E-state index in [1.165, 1.54) is 11.6 Å². The number of hydrogen-bond acceptors (Lipinski definition) is 2. The van der Waals surface area contributed by atoms with Crippen LogP contribution in [0.5, 0.6) is 0 Å². The summed E-state index contributed by atoms with van der Waals surface area (Å²) in [5, 5.41) is 2.68. The molecule has 0 bridgehead atoms. The van der Waals surface area contributed by atoms with Crippen LogP contribution in [0, 0.1) is 0 Å². The third-order valence-corrected chi connectivity index (χ3v) is 5.08. The molecule has 1 heterocycles. The Hall–Kier alpha value is -3.28. The van der Waals surface area contributed by atoms with Gasteiger partial charge >= 0.3 is 6.18 Å². The first-order valence-electron chi connectivity index (χ1n) is 9.31. The highest BCUT2D eigenvalue weighted by Crippen LogP contribution is 2.37. The molecule has 3 aromatic rings. The van der Waals surface area contributed by atoms with Gasteiger partial charge in [-0.1, -0.05) is 42.5 Å². The largest absolute Gasteiger partial charge is 0.416 e. The van der Waals surface area contributed by atoms with Crippen molar-refractivity contribution >= 4 is 17.3 Å². The van der Waals surface area contributed by atoms with Crippen molar-refractivity contribution in [1.29, 1.82) is 0 Å². The van der Waals surface area contributed by atoms with Gasteiger partial charge in [0.1, 0.15) is 0 Å². The highest BCUT2D eigenvalue weighted by molar-refractivity contribution is 6.06. The number of benzene rings is 3. The lowest BCUT2D eigenvalue weighted by atomic mass is 9.99. The number of rotatable bonds is 3. The normalized spacial score (nSPS) is 13.7. The highest BCUT2D eigenvalue weighted by Gasteiger charge is 2.32. The zero-order chi connectivity index (χ0) is 20.4. The molecule has 4 rings (SSSR count). The molecule has 0 atom stereocenters. The van der Waals surface area contributed by atoms with Crippen LogP contribution < -0.4 is 10.2 Å². The summed E-state index contributed by atoms with van der Waals surface area (Å²) in [7, 11) is 0. The molecule has 0 saturated heterocycles. The van der Waals surface area contributed by atoms with Crippen molar-refractivity contribution in [3.05, 3.63) is 95.1 Å². The van der Waals surface area contributed by atoms with E-state index in [9.17, 15) is 18.0 Å². The first kappa shape index (κ1) is 19.1. The van der Waals surface area contributed by atoms with Crippen molar-refractivity contribution in [3.8, 4) is 0 Å². The molecule has 0 aliphatic carbocycles. The van der Waals surface area contributed by atoms with E-state index in [1.807, 2.05) is 23.1 Å². The zero-order valence-corrected chi connectivity index (χ0v) is 15.5. The van der Waals surface area contributed by atoms with Gasteiger partial charge in [-0.05, 0) is 47.9 Å². The second-order valence-electron chi connectivity index (χ2n) is 6.99. The first-order chi connectivity index (χ1) is 13.9. The van der Waals surface area contributed by atoms with Gasteiger partial charge < -0.3 is 10.2 Å². The molecule has 1 N–H and O–H groups in total. The van der Waals surface area contributed by atoms with Gasteiger partial charge in [0.25, 0.3) is 5.91 Å². The van der Waals surface area contributed by atoms with Gasteiger partial charge in [0.2, 0.25) is 0 Å². The van der Waals surface area contributed by atoms with Crippen molar-refractivity contribution in [3.63, 3.8) is 0 Å². The molecule has 148 valence electrons. The molecular weight excluding hydrogens is 377 g/mol. The lowest BCUT2D eigenvalue weighted by Crippen LogP contribution is -2.31.